The summed E-state index contributed by atoms with van der Waals surface area (Å²) in [4.78, 5) is 0. The van der Waals surface area contributed by atoms with Gasteiger partial charge in [-0.2, -0.15) is 0 Å². The Morgan fingerprint density at radius 2 is 2.11 bits per heavy atom. The van der Waals surface area contributed by atoms with Crippen molar-refractivity contribution in [2.45, 2.75) is 18.9 Å². The molecule has 1 heterocycles. The van der Waals surface area contributed by atoms with Crippen molar-refractivity contribution in [3.8, 4) is 5.75 Å². The van der Waals surface area contributed by atoms with Gasteiger partial charge in [-0.05, 0) is 43.5 Å². The molecule has 0 amide bonds. The molecular formula is C14H20ClNO2. The second-order valence-electron chi connectivity index (χ2n) is 4.60. The first-order valence-corrected chi connectivity index (χ1v) is 6.72. The van der Waals surface area contributed by atoms with Crippen LogP contribution < -0.4 is 10.1 Å². The fourth-order valence-electron chi connectivity index (χ4n) is 2.58. The fourth-order valence-corrected chi connectivity index (χ4v) is 2.87. The normalized spacial score (nSPS) is 18.6. The highest BCUT2D eigenvalue weighted by atomic mass is 35.5. The lowest BCUT2D eigenvalue weighted by molar-refractivity contribution is 0.0546. The summed E-state index contributed by atoms with van der Waals surface area (Å²) in [5.41, 5.74) is 1.15. The van der Waals surface area contributed by atoms with E-state index in [2.05, 4.69) is 11.4 Å². The third-order valence-corrected chi connectivity index (χ3v) is 3.92. The first kappa shape index (κ1) is 13.7. The zero-order valence-electron chi connectivity index (χ0n) is 10.9. The minimum atomic E-state index is 0.285. The molecule has 18 heavy (non-hydrogen) atoms. The van der Waals surface area contributed by atoms with Gasteiger partial charge < -0.3 is 14.8 Å². The number of benzene rings is 1. The minimum Gasteiger partial charge on any atom is -0.497 e. The SMILES string of the molecule is CNC(c1ccc(OC)cc1Cl)C1CCOCC1. The quantitative estimate of drug-likeness (QED) is 0.911. The van der Waals surface area contributed by atoms with Crippen molar-refractivity contribution < 1.29 is 9.47 Å². The van der Waals surface area contributed by atoms with Crippen LogP contribution in [0.2, 0.25) is 5.02 Å². The molecule has 1 aromatic rings. The van der Waals surface area contributed by atoms with Crippen LogP contribution in [-0.2, 0) is 4.74 Å². The van der Waals surface area contributed by atoms with E-state index >= 15 is 0 Å². The lowest BCUT2D eigenvalue weighted by atomic mass is 9.87. The third-order valence-electron chi connectivity index (χ3n) is 3.59. The molecule has 2 rings (SSSR count). The highest BCUT2D eigenvalue weighted by Gasteiger charge is 2.25. The molecule has 0 aromatic heterocycles. The zero-order valence-corrected chi connectivity index (χ0v) is 11.7. The van der Waals surface area contributed by atoms with Gasteiger partial charge in [0, 0.05) is 24.3 Å². The van der Waals surface area contributed by atoms with Crippen LogP contribution in [0, 0.1) is 5.92 Å². The lowest BCUT2D eigenvalue weighted by Crippen LogP contribution is -2.30. The van der Waals surface area contributed by atoms with Gasteiger partial charge in [-0.25, -0.2) is 0 Å². The maximum absolute atomic E-state index is 6.35. The van der Waals surface area contributed by atoms with Gasteiger partial charge in [-0.3, -0.25) is 0 Å². The van der Waals surface area contributed by atoms with Crippen LogP contribution in [-0.4, -0.2) is 27.4 Å². The Kier molecular flexibility index (Phi) is 4.87. The van der Waals surface area contributed by atoms with Crippen molar-refractivity contribution in [2.75, 3.05) is 27.4 Å². The number of hydrogen-bond donors (Lipinski definition) is 1. The fraction of sp³-hybridized carbons (Fsp3) is 0.571. The van der Waals surface area contributed by atoms with Crippen LogP contribution in [0.5, 0.6) is 5.75 Å². The Morgan fingerprint density at radius 1 is 1.39 bits per heavy atom. The molecule has 0 radical (unpaired) electrons. The summed E-state index contributed by atoms with van der Waals surface area (Å²) in [5, 5.41) is 4.15. The van der Waals surface area contributed by atoms with Crippen molar-refractivity contribution in [3.05, 3.63) is 28.8 Å². The molecule has 0 bridgehead atoms. The molecule has 1 unspecified atom stereocenters. The maximum atomic E-state index is 6.35. The third kappa shape index (κ3) is 2.97. The van der Waals surface area contributed by atoms with E-state index in [1.54, 1.807) is 7.11 Å². The first-order valence-electron chi connectivity index (χ1n) is 6.34. The molecule has 1 aliphatic heterocycles. The van der Waals surface area contributed by atoms with Gasteiger partial charge in [0.05, 0.1) is 7.11 Å². The van der Waals surface area contributed by atoms with E-state index in [4.69, 9.17) is 21.1 Å². The molecule has 1 atom stereocenters. The largest absolute Gasteiger partial charge is 0.497 e. The highest BCUT2D eigenvalue weighted by molar-refractivity contribution is 6.31. The number of methoxy groups -OCH3 is 1. The summed E-state index contributed by atoms with van der Waals surface area (Å²) >= 11 is 6.35. The van der Waals surface area contributed by atoms with Gasteiger partial charge in [-0.15, -0.1) is 0 Å². The molecule has 0 aliphatic carbocycles. The van der Waals surface area contributed by atoms with E-state index in [9.17, 15) is 0 Å². The van der Waals surface area contributed by atoms with Gasteiger partial charge in [-0.1, -0.05) is 17.7 Å². The van der Waals surface area contributed by atoms with Crippen molar-refractivity contribution in [2.24, 2.45) is 5.92 Å². The molecular weight excluding hydrogens is 250 g/mol. The van der Waals surface area contributed by atoms with Crippen molar-refractivity contribution in [1.82, 2.24) is 5.32 Å². The molecule has 1 aromatic carbocycles. The molecule has 1 aliphatic rings. The summed E-state index contributed by atoms with van der Waals surface area (Å²) in [6.07, 6.45) is 2.15. The zero-order chi connectivity index (χ0) is 13.0. The summed E-state index contributed by atoms with van der Waals surface area (Å²) in [7, 11) is 3.64. The second-order valence-corrected chi connectivity index (χ2v) is 5.01. The van der Waals surface area contributed by atoms with Gasteiger partial charge in [0.2, 0.25) is 0 Å². The van der Waals surface area contributed by atoms with Crippen LogP contribution in [0.25, 0.3) is 0 Å². The number of halogens is 1. The van der Waals surface area contributed by atoms with E-state index in [-0.39, 0.29) is 6.04 Å². The van der Waals surface area contributed by atoms with Crippen molar-refractivity contribution in [3.63, 3.8) is 0 Å². The van der Waals surface area contributed by atoms with Crippen LogP contribution in [0.1, 0.15) is 24.4 Å². The molecule has 0 saturated carbocycles. The Morgan fingerprint density at radius 3 is 2.67 bits per heavy atom. The molecule has 4 heteroatoms. The smallest absolute Gasteiger partial charge is 0.120 e. The molecule has 3 nitrogen and oxygen atoms in total. The average molecular weight is 270 g/mol. The lowest BCUT2D eigenvalue weighted by Gasteiger charge is -2.31. The second kappa shape index (κ2) is 6.41. The molecule has 1 saturated heterocycles. The Bertz CT molecular complexity index is 391. The Labute approximate surface area is 113 Å². The van der Waals surface area contributed by atoms with Crippen LogP contribution in [0.3, 0.4) is 0 Å². The Hall–Kier alpha value is -0.770. The summed E-state index contributed by atoms with van der Waals surface area (Å²) in [5.74, 6) is 1.38. The molecule has 1 fully saturated rings. The number of nitrogens with one attached hydrogen (secondary N) is 1. The van der Waals surface area contributed by atoms with E-state index in [1.807, 2.05) is 19.2 Å². The van der Waals surface area contributed by atoms with E-state index in [1.165, 1.54) is 0 Å². The van der Waals surface area contributed by atoms with E-state index in [0.717, 1.165) is 42.4 Å². The molecule has 0 spiro atoms. The van der Waals surface area contributed by atoms with Gasteiger partial charge in [0.1, 0.15) is 5.75 Å². The van der Waals surface area contributed by atoms with Crippen LogP contribution in [0.4, 0.5) is 0 Å². The van der Waals surface area contributed by atoms with Crippen LogP contribution >= 0.6 is 11.6 Å². The van der Waals surface area contributed by atoms with Crippen molar-refractivity contribution in [1.29, 1.82) is 0 Å². The molecule has 1 N–H and O–H groups in total. The number of hydrogen-bond acceptors (Lipinski definition) is 3. The maximum Gasteiger partial charge on any atom is 0.120 e. The van der Waals surface area contributed by atoms with Crippen molar-refractivity contribution >= 4 is 11.6 Å². The monoisotopic (exact) mass is 269 g/mol. The first-order chi connectivity index (χ1) is 8.76. The topological polar surface area (TPSA) is 30.5 Å². The predicted octanol–water partition coefficient (Wildman–Crippen LogP) is 3.04. The number of ether oxygens (including phenoxy) is 2. The van der Waals surface area contributed by atoms with E-state index < -0.39 is 0 Å². The van der Waals surface area contributed by atoms with Gasteiger partial charge in [0.25, 0.3) is 0 Å². The standard InChI is InChI=1S/C14H20ClNO2/c1-16-14(10-5-7-18-8-6-10)12-4-3-11(17-2)9-13(12)15/h3-4,9-10,14,16H,5-8H2,1-2H3. The Balaban J connectivity index is 2.20. The van der Waals surface area contributed by atoms with Gasteiger partial charge >= 0.3 is 0 Å². The summed E-state index contributed by atoms with van der Waals surface area (Å²) in [6, 6.07) is 6.18. The number of rotatable bonds is 4. The van der Waals surface area contributed by atoms with E-state index in [0.29, 0.717) is 5.92 Å². The van der Waals surface area contributed by atoms with Gasteiger partial charge in [0.15, 0.2) is 0 Å². The summed E-state index contributed by atoms with van der Waals surface area (Å²) in [6.45, 7) is 1.69. The average Bonchev–Trinajstić information content (AvgIpc) is 2.42. The minimum absolute atomic E-state index is 0.285. The predicted molar refractivity (Wildman–Crippen MR) is 73.3 cm³/mol. The molecule has 100 valence electrons. The van der Waals surface area contributed by atoms with Crippen LogP contribution in [0.15, 0.2) is 18.2 Å². The highest BCUT2D eigenvalue weighted by Crippen LogP contribution is 2.35. The summed E-state index contributed by atoms with van der Waals surface area (Å²) < 4.78 is 10.6.